The Hall–Kier alpha value is -1.69. The molecule has 0 unspecified atom stereocenters. The third-order valence-electron chi connectivity index (χ3n) is 4.08. The Bertz CT molecular complexity index is 484. The smallest absolute Gasteiger partial charge is 0.314 e. The lowest BCUT2D eigenvalue weighted by Crippen LogP contribution is -2.41. The van der Waals surface area contributed by atoms with Crippen molar-refractivity contribution in [3.05, 3.63) is 27.9 Å². The zero-order valence-electron chi connectivity index (χ0n) is 12.1. The number of pyridine rings is 1. The van der Waals surface area contributed by atoms with Gasteiger partial charge in [-0.05, 0) is 45.6 Å². The van der Waals surface area contributed by atoms with Crippen LogP contribution < -0.4 is 10.6 Å². The van der Waals surface area contributed by atoms with Gasteiger partial charge in [-0.15, -0.1) is 0 Å². The molecule has 0 aliphatic heterocycles. The van der Waals surface area contributed by atoms with E-state index in [0.29, 0.717) is 17.4 Å². The van der Waals surface area contributed by atoms with Crippen molar-refractivity contribution in [2.45, 2.75) is 51.6 Å². The second-order valence-electron chi connectivity index (χ2n) is 5.41. The SMILES string of the molecule is CCN(c1nccc(C)c1[N+](=O)[O-])C1CCC(N)CC1. The highest BCUT2D eigenvalue weighted by Crippen LogP contribution is 2.33. The summed E-state index contributed by atoms with van der Waals surface area (Å²) in [6.45, 7) is 4.49. The van der Waals surface area contributed by atoms with E-state index < -0.39 is 0 Å². The van der Waals surface area contributed by atoms with Crippen LogP contribution >= 0.6 is 0 Å². The van der Waals surface area contributed by atoms with Gasteiger partial charge in [0.1, 0.15) is 0 Å². The van der Waals surface area contributed by atoms with Gasteiger partial charge in [0.25, 0.3) is 0 Å². The van der Waals surface area contributed by atoms with E-state index in [4.69, 9.17) is 5.73 Å². The van der Waals surface area contributed by atoms with Crippen molar-refractivity contribution in [3.63, 3.8) is 0 Å². The van der Waals surface area contributed by atoms with Gasteiger partial charge in [0.2, 0.25) is 5.82 Å². The second kappa shape index (κ2) is 6.17. The summed E-state index contributed by atoms with van der Waals surface area (Å²) in [5.74, 6) is 0.498. The summed E-state index contributed by atoms with van der Waals surface area (Å²) < 4.78 is 0. The number of rotatable bonds is 4. The van der Waals surface area contributed by atoms with E-state index in [1.807, 2.05) is 6.92 Å². The highest BCUT2D eigenvalue weighted by molar-refractivity contribution is 5.62. The average Bonchev–Trinajstić information content (AvgIpc) is 2.41. The summed E-state index contributed by atoms with van der Waals surface area (Å²) in [6, 6.07) is 2.25. The monoisotopic (exact) mass is 278 g/mol. The maximum absolute atomic E-state index is 11.3. The Labute approximate surface area is 119 Å². The molecule has 2 rings (SSSR count). The molecule has 6 heteroatoms. The van der Waals surface area contributed by atoms with Crippen LogP contribution in [-0.4, -0.2) is 28.5 Å². The quantitative estimate of drug-likeness (QED) is 0.675. The van der Waals surface area contributed by atoms with Gasteiger partial charge in [-0.2, -0.15) is 0 Å². The minimum Gasteiger partial charge on any atom is -0.348 e. The van der Waals surface area contributed by atoms with Gasteiger partial charge < -0.3 is 10.6 Å². The van der Waals surface area contributed by atoms with Crippen LogP contribution in [0.1, 0.15) is 38.2 Å². The largest absolute Gasteiger partial charge is 0.348 e. The lowest BCUT2D eigenvalue weighted by Gasteiger charge is -2.36. The Morgan fingerprint density at radius 1 is 1.45 bits per heavy atom. The zero-order valence-corrected chi connectivity index (χ0v) is 12.1. The summed E-state index contributed by atoms with van der Waals surface area (Å²) >= 11 is 0. The number of aryl methyl sites for hydroxylation is 1. The molecule has 1 saturated carbocycles. The average molecular weight is 278 g/mol. The van der Waals surface area contributed by atoms with Crippen molar-refractivity contribution in [2.24, 2.45) is 5.73 Å². The van der Waals surface area contributed by atoms with Gasteiger partial charge in [0.05, 0.1) is 4.92 Å². The molecule has 1 aromatic heterocycles. The molecule has 1 aliphatic rings. The molecule has 1 aliphatic carbocycles. The molecule has 1 heterocycles. The Morgan fingerprint density at radius 2 is 2.10 bits per heavy atom. The summed E-state index contributed by atoms with van der Waals surface area (Å²) in [4.78, 5) is 17.3. The fourth-order valence-electron chi connectivity index (χ4n) is 2.97. The first kappa shape index (κ1) is 14.7. The van der Waals surface area contributed by atoms with Crippen molar-refractivity contribution in [1.82, 2.24) is 4.98 Å². The molecule has 6 nitrogen and oxygen atoms in total. The van der Waals surface area contributed by atoms with Crippen LogP contribution in [0.2, 0.25) is 0 Å². The maximum Gasteiger partial charge on any atom is 0.314 e. The second-order valence-corrected chi connectivity index (χ2v) is 5.41. The molecule has 1 fully saturated rings. The highest BCUT2D eigenvalue weighted by atomic mass is 16.6. The van der Waals surface area contributed by atoms with Crippen LogP contribution in [0.4, 0.5) is 11.5 Å². The van der Waals surface area contributed by atoms with Crippen molar-refractivity contribution in [2.75, 3.05) is 11.4 Å². The van der Waals surface area contributed by atoms with E-state index in [9.17, 15) is 10.1 Å². The molecule has 0 radical (unpaired) electrons. The van der Waals surface area contributed by atoms with Crippen LogP contribution in [0.15, 0.2) is 12.3 Å². The van der Waals surface area contributed by atoms with E-state index in [1.165, 1.54) is 0 Å². The van der Waals surface area contributed by atoms with Crippen molar-refractivity contribution in [3.8, 4) is 0 Å². The molecule has 20 heavy (non-hydrogen) atoms. The maximum atomic E-state index is 11.3. The number of nitro groups is 1. The lowest BCUT2D eigenvalue weighted by molar-refractivity contribution is -0.384. The lowest BCUT2D eigenvalue weighted by atomic mass is 9.90. The molecule has 0 saturated heterocycles. The summed E-state index contributed by atoms with van der Waals surface area (Å²) in [5.41, 5.74) is 6.72. The van der Waals surface area contributed by atoms with E-state index in [0.717, 1.165) is 32.2 Å². The van der Waals surface area contributed by atoms with Crippen molar-refractivity contribution < 1.29 is 4.92 Å². The summed E-state index contributed by atoms with van der Waals surface area (Å²) in [7, 11) is 0. The minimum absolute atomic E-state index is 0.129. The highest BCUT2D eigenvalue weighted by Gasteiger charge is 2.29. The molecule has 0 amide bonds. The third kappa shape index (κ3) is 2.90. The molecular formula is C14H22N4O2. The predicted octanol–water partition coefficient (Wildman–Crippen LogP) is 2.39. The first-order valence-corrected chi connectivity index (χ1v) is 7.16. The number of hydrogen-bond acceptors (Lipinski definition) is 5. The first-order chi connectivity index (χ1) is 9.54. The third-order valence-corrected chi connectivity index (χ3v) is 4.08. The predicted molar refractivity (Wildman–Crippen MR) is 78.9 cm³/mol. The van der Waals surface area contributed by atoms with Gasteiger partial charge in [0.15, 0.2) is 0 Å². The standard InChI is InChI=1S/C14H22N4O2/c1-3-17(12-6-4-11(15)5-7-12)14-13(18(19)20)10(2)8-9-16-14/h8-9,11-12H,3-7,15H2,1-2H3. The van der Waals surface area contributed by atoms with Gasteiger partial charge >= 0.3 is 5.69 Å². The molecule has 0 atom stereocenters. The zero-order chi connectivity index (χ0) is 14.7. The number of nitrogens with zero attached hydrogens (tertiary/aromatic N) is 3. The molecule has 2 N–H and O–H groups in total. The van der Waals surface area contributed by atoms with E-state index in [-0.39, 0.29) is 16.7 Å². The van der Waals surface area contributed by atoms with Crippen LogP contribution in [0.25, 0.3) is 0 Å². The molecule has 0 aromatic carbocycles. The summed E-state index contributed by atoms with van der Waals surface area (Å²) in [6.07, 6.45) is 5.54. The fraction of sp³-hybridized carbons (Fsp3) is 0.643. The van der Waals surface area contributed by atoms with Gasteiger partial charge in [-0.25, -0.2) is 4.98 Å². The normalized spacial score (nSPS) is 22.6. The van der Waals surface area contributed by atoms with E-state index >= 15 is 0 Å². The van der Waals surface area contributed by atoms with Crippen LogP contribution in [0, 0.1) is 17.0 Å². The molecule has 0 bridgehead atoms. The molecule has 1 aromatic rings. The molecular weight excluding hydrogens is 256 g/mol. The van der Waals surface area contributed by atoms with Gasteiger partial charge in [0, 0.05) is 30.4 Å². The molecule has 0 spiro atoms. The van der Waals surface area contributed by atoms with E-state index in [1.54, 1.807) is 19.2 Å². The van der Waals surface area contributed by atoms with Crippen LogP contribution in [0.5, 0.6) is 0 Å². The van der Waals surface area contributed by atoms with Gasteiger partial charge in [-0.1, -0.05) is 0 Å². The number of anilines is 1. The van der Waals surface area contributed by atoms with Crippen LogP contribution in [-0.2, 0) is 0 Å². The minimum atomic E-state index is -0.325. The van der Waals surface area contributed by atoms with Crippen LogP contribution in [0.3, 0.4) is 0 Å². The van der Waals surface area contributed by atoms with Crippen molar-refractivity contribution >= 4 is 11.5 Å². The Morgan fingerprint density at radius 3 is 2.65 bits per heavy atom. The van der Waals surface area contributed by atoms with E-state index in [2.05, 4.69) is 9.88 Å². The van der Waals surface area contributed by atoms with Crippen molar-refractivity contribution in [1.29, 1.82) is 0 Å². The number of hydrogen-bond donors (Lipinski definition) is 1. The Kier molecular flexibility index (Phi) is 4.54. The first-order valence-electron chi connectivity index (χ1n) is 7.16. The Balaban J connectivity index is 2.32. The summed E-state index contributed by atoms with van der Waals surface area (Å²) in [5, 5.41) is 11.3. The fourth-order valence-corrected chi connectivity index (χ4v) is 2.97. The number of aromatic nitrogens is 1. The molecule has 110 valence electrons. The topological polar surface area (TPSA) is 85.3 Å². The van der Waals surface area contributed by atoms with Gasteiger partial charge in [-0.3, -0.25) is 10.1 Å². The number of nitrogens with two attached hydrogens (primary N) is 1.